The van der Waals surface area contributed by atoms with Crippen LogP contribution >= 0.6 is 0 Å². The number of likely N-dealkylation sites (tertiary alicyclic amines) is 1. The highest BCUT2D eigenvalue weighted by Gasteiger charge is 2.36. The highest BCUT2D eigenvalue weighted by molar-refractivity contribution is 5.96. The Kier molecular flexibility index (Phi) is 5.46. The van der Waals surface area contributed by atoms with Crippen LogP contribution in [0.15, 0.2) is 42.5 Å². The standard InChI is InChI=1S/C20H24N2O3/c1-14-18(9-10-19(21-14)15-7-5-4-6-8-15)20(23)22-12-17(25-3)11-16(22)13-24-2/h4-10,16-17H,11-13H2,1-3H3/t16-,17+/m0/s1. The SMILES string of the molecule is COC[C@@H]1C[C@@H](OC)CN1C(=O)c1ccc(-c2ccccc2)nc1C. The topological polar surface area (TPSA) is 51.7 Å². The molecule has 1 aliphatic heterocycles. The summed E-state index contributed by atoms with van der Waals surface area (Å²) in [7, 11) is 3.34. The van der Waals surface area contributed by atoms with Gasteiger partial charge in [0.2, 0.25) is 0 Å². The van der Waals surface area contributed by atoms with Crippen LogP contribution < -0.4 is 0 Å². The Morgan fingerprint density at radius 1 is 1.20 bits per heavy atom. The monoisotopic (exact) mass is 340 g/mol. The number of benzene rings is 1. The van der Waals surface area contributed by atoms with Crippen molar-refractivity contribution in [1.29, 1.82) is 0 Å². The molecule has 132 valence electrons. The zero-order valence-corrected chi connectivity index (χ0v) is 14.9. The Morgan fingerprint density at radius 3 is 2.60 bits per heavy atom. The van der Waals surface area contributed by atoms with Crippen molar-refractivity contribution in [3.05, 3.63) is 53.7 Å². The largest absolute Gasteiger partial charge is 0.383 e. The zero-order valence-electron chi connectivity index (χ0n) is 14.9. The second-order valence-electron chi connectivity index (χ2n) is 6.36. The molecule has 0 bridgehead atoms. The number of hydrogen-bond donors (Lipinski definition) is 0. The molecule has 1 aromatic carbocycles. The fraction of sp³-hybridized carbons (Fsp3) is 0.400. The minimum atomic E-state index is -0.00814. The fourth-order valence-corrected chi connectivity index (χ4v) is 3.36. The molecule has 0 radical (unpaired) electrons. The van der Waals surface area contributed by atoms with Gasteiger partial charge in [0.15, 0.2) is 0 Å². The molecular formula is C20H24N2O3. The van der Waals surface area contributed by atoms with E-state index in [9.17, 15) is 4.79 Å². The maximum atomic E-state index is 13.0. The van der Waals surface area contributed by atoms with Crippen molar-refractivity contribution in [2.24, 2.45) is 0 Å². The van der Waals surface area contributed by atoms with Gasteiger partial charge in [-0.1, -0.05) is 30.3 Å². The molecule has 0 N–H and O–H groups in total. The maximum absolute atomic E-state index is 13.0. The Hall–Kier alpha value is -2.24. The van der Waals surface area contributed by atoms with Gasteiger partial charge in [-0.25, -0.2) is 0 Å². The molecule has 0 unspecified atom stereocenters. The van der Waals surface area contributed by atoms with Crippen molar-refractivity contribution in [3.63, 3.8) is 0 Å². The average molecular weight is 340 g/mol. The number of amides is 1. The fourth-order valence-electron chi connectivity index (χ4n) is 3.36. The molecule has 2 heterocycles. The predicted octanol–water partition coefficient (Wildman–Crippen LogP) is 2.93. The molecule has 5 heteroatoms. The molecule has 0 spiro atoms. The average Bonchev–Trinajstić information content (AvgIpc) is 3.05. The summed E-state index contributed by atoms with van der Waals surface area (Å²) in [5.41, 5.74) is 3.29. The number of hydrogen-bond acceptors (Lipinski definition) is 4. The lowest BCUT2D eigenvalue weighted by atomic mass is 10.1. The molecule has 1 aliphatic rings. The minimum Gasteiger partial charge on any atom is -0.383 e. The van der Waals surface area contributed by atoms with Crippen LogP contribution in [0, 0.1) is 6.92 Å². The van der Waals surface area contributed by atoms with Crippen LogP contribution in [0.4, 0.5) is 0 Å². The molecule has 5 nitrogen and oxygen atoms in total. The molecule has 1 amide bonds. The van der Waals surface area contributed by atoms with Crippen LogP contribution in [-0.4, -0.2) is 55.3 Å². The van der Waals surface area contributed by atoms with Crippen LogP contribution in [-0.2, 0) is 9.47 Å². The van der Waals surface area contributed by atoms with E-state index in [1.165, 1.54) is 0 Å². The normalized spacial score (nSPS) is 20.0. The second-order valence-corrected chi connectivity index (χ2v) is 6.36. The summed E-state index contributed by atoms with van der Waals surface area (Å²) in [5.74, 6) is -0.00814. The molecule has 2 aromatic rings. The molecule has 1 aromatic heterocycles. The first kappa shape index (κ1) is 17.6. The smallest absolute Gasteiger partial charge is 0.256 e. The van der Waals surface area contributed by atoms with Gasteiger partial charge in [0.25, 0.3) is 5.91 Å². The number of aryl methyl sites for hydroxylation is 1. The van der Waals surface area contributed by atoms with Crippen molar-refractivity contribution in [2.45, 2.75) is 25.5 Å². The van der Waals surface area contributed by atoms with E-state index in [-0.39, 0.29) is 18.1 Å². The highest BCUT2D eigenvalue weighted by Crippen LogP contribution is 2.25. The molecule has 1 fully saturated rings. The zero-order chi connectivity index (χ0) is 17.8. The number of carbonyl (C=O) groups excluding carboxylic acids is 1. The number of rotatable bonds is 5. The van der Waals surface area contributed by atoms with Crippen molar-refractivity contribution in [3.8, 4) is 11.3 Å². The summed E-state index contributed by atoms with van der Waals surface area (Å²) in [6, 6.07) is 13.8. The lowest BCUT2D eigenvalue weighted by Gasteiger charge is -2.24. The van der Waals surface area contributed by atoms with E-state index in [1.54, 1.807) is 14.2 Å². The van der Waals surface area contributed by atoms with Gasteiger partial charge in [-0.3, -0.25) is 9.78 Å². The van der Waals surface area contributed by atoms with E-state index in [0.717, 1.165) is 23.4 Å². The third-order valence-electron chi connectivity index (χ3n) is 4.72. The quantitative estimate of drug-likeness (QED) is 0.840. The summed E-state index contributed by atoms with van der Waals surface area (Å²) in [6.07, 6.45) is 0.853. The molecule has 0 saturated carbocycles. The molecule has 2 atom stereocenters. The van der Waals surface area contributed by atoms with Crippen LogP contribution in [0.1, 0.15) is 22.5 Å². The number of pyridine rings is 1. The minimum absolute atomic E-state index is 0.00814. The van der Waals surface area contributed by atoms with Crippen molar-refractivity contribution in [2.75, 3.05) is 27.4 Å². The van der Waals surface area contributed by atoms with E-state index >= 15 is 0 Å². The Morgan fingerprint density at radius 2 is 1.96 bits per heavy atom. The van der Waals surface area contributed by atoms with Crippen LogP contribution in [0.25, 0.3) is 11.3 Å². The van der Waals surface area contributed by atoms with Gasteiger partial charge in [-0.05, 0) is 25.5 Å². The van der Waals surface area contributed by atoms with Crippen LogP contribution in [0.2, 0.25) is 0 Å². The second kappa shape index (κ2) is 7.76. The first-order chi connectivity index (χ1) is 12.1. The van der Waals surface area contributed by atoms with Gasteiger partial charge in [-0.2, -0.15) is 0 Å². The maximum Gasteiger partial charge on any atom is 0.256 e. The number of nitrogens with zero attached hydrogens (tertiary/aromatic N) is 2. The Balaban J connectivity index is 1.84. The van der Waals surface area contributed by atoms with E-state index in [4.69, 9.17) is 9.47 Å². The first-order valence-electron chi connectivity index (χ1n) is 8.49. The molecule has 3 rings (SSSR count). The van der Waals surface area contributed by atoms with Gasteiger partial charge < -0.3 is 14.4 Å². The summed E-state index contributed by atoms with van der Waals surface area (Å²) < 4.78 is 10.7. The lowest BCUT2D eigenvalue weighted by molar-refractivity contribution is 0.0611. The van der Waals surface area contributed by atoms with E-state index in [2.05, 4.69) is 4.98 Å². The predicted molar refractivity (Wildman–Crippen MR) is 96.5 cm³/mol. The Bertz CT molecular complexity index is 733. The van der Waals surface area contributed by atoms with E-state index < -0.39 is 0 Å². The van der Waals surface area contributed by atoms with Crippen molar-refractivity contribution >= 4 is 5.91 Å². The first-order valence-corrected chi connectivity index (χ1v) is 8.49. The molecule has 0 aliphatic carbocycles. The van der Waals surface area contributed by atoms with Gasteiger partial charge in [-0.15, -0.1) is 0 Å². The van der Waals surface area contributed by atoms with Gasteiger partial charge in [0.05, 0.1) is 35.7 Å². The lowest BCUT2D eigenvalue weighted by Crippen LogP contribution is -2.38. The number of carbonyl (C=O) groups is 1. The van der Waals surface area contributed by atoms with Gasteiger partial charge >= 0.3 is 0 Å². The third-order valence-corrected chi connectivity index (χ3v) is 4.72. The number of ether oxygens (including phenoxy) is 2. The molecular weight excluding hydrogens is 316 g/mol. The third kappa shape index (κ3) is 3.72. The Labute approximate surface area is 148 Å². The van der Waals surface area contributed by atoms with Crippen LogP contribution in [0.5, 0.6) is 0 Å². The molecule has 25 heavy (non-hydrogen) atoms. The van der Waals surface area contributed by atoms with Gasteiger partial charge in [0.1, 0.15) is 0 Å². The summed E-state index contributed by atoms with van der Waals surface area (Å²) in [5, 5.41) is 0. The molecule has 1 saturated heterocycles. The van der Waals surface area contributed by atoms with Crippen LogP contribution in [0.3, 0.4) is 0 Å². The van der Waals surface area contributed by atoms with E-state index in [0.29, 0.717) is 18.7 Å². The van der Waals surface area contributed by atoms with Crippen molar-refractivity contribution in [1.82, 2.24) is 9.88 Å². The van der Waals surface area contributed by atoms with E-state index in [1.807, 2.05) is 54.3 Å². The van der Waals surface area contributed by atoms with Crippen molar-refractivity contribution < 1.29 is 14.3 Å². The summed E-state index contributed by atoms with van der Waals surface area (Å²) >= 11 is 0. The summed E-state index contributed by atoms with van der Waals surface area (Å²) in [6.45, 7) is 2.98. The van der Waals surface area contributed by atoms with Gasteiger partial charge in [0, 0.05) is 26.3 Å². The number of methoxy groups -OCH3 is 2. The summed E-state index contributed by atoms with van der Waals surface area (Å²) in [4.78, 5) is 19.5. The number of aromatic nitrogens is 1. The highest BCUT2D eigenvalue weighted by atomic mass is 16.5.